The van der Waals surface area contributed by atoms with E-state index in [0.717, 1.165) is 30.8 Å². The molecule has 7 heteroatoms. The van der Waals surface area contributed by atoms with Crippen LogP contribution in [0.15, 0.2) is 16.3 Å². The number of likely N-dealkylation sites (tertiary alicyclic amines) is 1. The van der Waals surface area contributed by atoms with Crippen LogP contribution in [-0.4, -0.2) is 57.9 Å². The third kappa shape index (κ3) is 3.59. The van der Waals surface area contributed by atoms with Crippen LogP contribution in [0.3, 0.4) is 0 Å². The van der Waals surface area contributed by atoms with Crippen LogP contribution < -0.4 is 5.73 Å². The predicted octanol–water partition coefficient (Wildman–Crippen LogP) is 0.821. The zero-order chi connectivity index (χ0) is 14.8. The summed E-state index contributed by atoms with van der Waals surface area (Å²) in [6.07, 6.45) is 1.80. The summed E-state index contributed by atoms with van der Waals surface area (Å²) in [6.45, 7) is 3.17. The lowest BCUT2D eigenvalue weighted by Crippen LogP contribution is -2.32. The third-order valence-corrected chi connectivity index (χ3v) is 7.13. The molecule has 1 aromatic rings. The van der Waals surface area contributed by atoms with Crippen LogP contribution in [0.25, 0.3) is 0 Å². The highest BCUT2D eigenvalue weighted by molar-refractivity contribution is 7.91. The van der Waals surface area contributed by atoms with Crippen molar-refractivity contribution in [3.8, 4) is 0 Å². The summed E-state index contributed by atoms with van der Waals surface area (Å²) >= 11 is 1.33. The fourth-order valence-corrected chi connectivity index (χ4v) is 5.39. The van der Waals surface area contributed by atoms with Crippen molar-refractivity contribution in [1.82, 2.24) is 9.21 Å². The summed E-state index contributed by atoms with van der Waals surface area (Å²) in [4.78, 5) is 3.27. The number of hydrogen-bond donors (Lipinski definition) is 1. The van der Waals surface area contributed by atoms with Crippen LogP contribution >= 0.6 is 11.3 Å². The fraction of sp³-hybridized carbons (Fsp3) is 0.692. The smallest absolute Gasteiger partial charge is 0.252 e. The number of nitrogens with zero attached hydrogens (tertiary/aromatic N) is 2. The van der Waals surface area contributed by atoms with E-state index in [1.54, 1.807) is 13.1 Å². The number of sulfonamides is 1. The second-order valence-electron chi connectivity index (χ2n) is 5.46. The number of rotatable bonds is 6. The zero-order valence-corrected chi connectivity index (χ0v) is 13.7. The lowest BCUT2D eigenvalue weighted by Gasteiger charge is -2.20. The molecule has 1 aromatic heterocycles. The van der Waals surface area contributed by atoms with Crippen molar-refractivity contribution in [3.63, 3.8) is 0 Å². The topological polar surface area (TPSA) is 66.6 Å². The van der Waals surface area contributed by atoms with Gasteiger partial charge in [-0.15, -0.1) is 11.3 Å². The van der Waals surface area contributed by atoms with Gasteiger partial charge in [0.05, 0.1) is 0 Å². The van der Waals surface area contributed by atoms with Gasteiger partial charge in [0.1, 0.15) is 4.21 Å². The Labute approximate surface area is 125 Å². The quantitative estimate of drug-likeness (QED) is 0.843. The van der Waals surface area contributed by atoms with Gasteiger partial charge in [0.25, 0.3) is 10.0 Å². The molecule has 2 rings (SSSR count). The van der Waals surface area contributed by atoms with Crippen molar-refractivity contribution < 1.29 is 8.42 Å². The Balaban J connectivity index is 2.04. The molecule has 0 amide bonds. The van der Waals surface area contributed by atoms with E-state index in [9.17, 15) is 8.42 Å². The molecule has 2 N–H and O–H groups in total. The van der Waals surface area contributed by atoms with Crippen molar-refractivity contribution in [2.75, 3.05) is 40.3 Å². The normalized spacial score (nSPS) is 20.9. The van der Waals surface area contributed by atoms with Gasteiger partial charge < -0.3 is 10.6 Å². The molecule has 0 radical (unpaired) electrons. The largest absolute Gasteiger partial charge is 0.330 e. The first-order valence-electron chi connectivity index (χ1n) is 6.87. The molecule has 2 heterocycles. The monoisotopic (exact) mass is 317 g/mol. The fourth-order valence-electron chi connectivity index (χ4n) is 2.56. The first-order valence-corrected chi connectivity index (χ1v) is 9.13. The van der Waals surface area contributed by atoms with E-state index in [4.69, 9.17) is 5.73 Å². The molecule has 114 valence electrons. The van der Waals surface area contributed by atoms with Gasteiger partial charge in [0, 0.05) is 25.0 Å². The summed E-state index contributed by atoms with van der Waals surface area (Å²) in [5.74, 6) is 0.434. The standard InChI is InChI=1S/C13H23N3O2S2/c1-15-8-6-11(9-15)10-16(2)20(17,18)13-4-3-12(19-13)5-7-14/h3-4,11H,5-10,14H2,1-2H3. The minimum absolute atomic E-state index is 0.426. The van der Waals surface area contributed by atoms with Gasteiger partial charge in [0.15, 0.2) is 0 Å². The van der Waals surface area contributed by atoms with E-state index >= 15 is 0 Å². The highest BCUT2D eigenvalue weighted by Crippen LogP contribution is 2.26. The predicted molar refractivity (Wildman–Crippen MR) is 82.5 cm³/mol. The minimum Gasteiger partial charge on any atom is -0.330 e. The number of nitrogens with two attached hydrogens (primary N) is 1. The molecule has 1 unspecified atom stereocenters. The summed E-state index contributed by atoms with van der Waals surface area (Å²) in [7, 11) is 0.404. The van der Waals surface area contributed by atoms with Gasteiger partial charge >= 0.3 is 0 Å². The number of hydrogen-bond acceptors (Lipinski definition) is 5. The maximum absolute atomic E-state index is 12.5. The highest BCUT2D eigenvalue weighted by atomic mass is 32.2. The molecule has 0 aliphatic carbocycles. The van der Waals surface area contributed by atoms with E-state index in [-0.39, 0.29) is 0 Å². The lowest BCUT2D eigenvalue weighted by atomic mass is 10.1. The lowest BCUT2D eigenvalue weighted by molar-refractivity contribution is 0.357. The van der Waals surface area contributed by atoms with Gasteiger partial charge in [-0.2, -0.15) is 4.31 Å². The summed E-state index contributed by atoms with van der Waals surface area (Å²) < 4.78 is 26.9. The Hall–Kier alpha value is -0.470. The summed E-state index contributed by atoms with van der Waals surface area (Å²) in [6, 6.07) is 3.56. The summed E-state index contributed by atoms with van der Waals surface area (Å²) in [5.41, 5.74) is 5.50. The molecule has 20 heavy (non-hydrogen) atoms. The van der Waals surface area contributed by atoms with Crippen molar-refractivity contribution in [1.29, 1.82) is 0 Å². The molecule has 0 bridgehead atoms. The van der Waals surface area contributed by atoms with Crippen LogP contribution in [0, 0.1) is 5.92 Å². The van der Waals surface area contributed by atoms with Crippen LogP contribution in [-0.2, 0) is 16.4 Å². The molecule has 0 saturated carbocycles. The van der Waals surface area contributed by atoms with Gasteiger partial charge in [-0.05, 0) is 51.0 Å². The van der Waals surface area contributed by atoms with Gasteiger partial charge in [-0.25, -0.2) is 8.42 Å². The van der Waals surface area contributed by atoms with Crippen LogP contribution in [0.2, 0.25) is 0 Å². The van der Waals surface area contributed by atoms with E-state index in [0.29, 0.717) is 23.2 Å². The molecule has 5 nitrogen and oxygen atoms in total. The molecular weight excluding hydrogens is 294 g/mol. The Morgan fingerprint density at radius 2 is 2.25 bits per heavy atom. The molecule has 1 fully saturated rings. The maximum Gasteiger partial charge on any atom is 0.252 e. The first-order chi connectivity index (χ1) is 9.43. The van der Waals surface area contributed by atoms with Gasteiger partial charge in [-0.3, -0.25) is 0 Å². The van der Waals surface area contributed by atoms with Crippen molar-refractivity contribution >= 4 is 21.4 Å². The highest BCUT2D eigenvalue weighted by Gasteiger charge is 2.28. The Kier molecular flexibility index (Phi) is 5.19. The average molecular weight is 317 g/mol. The molecule has 0 aromatic carbocycles. The van der Waals surface area contributed by atoms with Gasteiger partial charge in [0.2, 0.25) is 0 Å². The second-order valence-corrected chi connectivity index (χ2v) is 8.90. The molecule has 0 spiro atoms. The first kappa shape index (κ1) is 15.9. The maximum atomic E-state index is 12.5. The van der Waals surface area contributed by atoms with Crippen LogP contribution in [0.4, 0.5) is 0 Å². The third-order valence-electron chi connectivity index (χ3n) is 3.70. The second kappa shape index (κ2) is 6.53. The Bertz CT molecular complexity index is 542. The van der Waals surface area contributed by atoms with Gasteiger partial charge in [-0.1, -0.05) is 0 Å². The van der Waals surface area contributed by atoms with E-state index in [2.05, 4.69) is 11.9 Å². The Morgan fingerprint density at radius 1 is 1.50 bits per heavy atom. The number of thiophene rings is 1. The van der Waals surface area contributed by atoms with E-state index in [1.807, 2.05) is 6.07 Å². The van der Waals surface area contributed by atoms with E-state index in [1.165, 1.54) is 15.6 Å². The molecule has 1 saturated heterocycles. The van der Waals surface area contributed by atoms with E-state index < -0.39 is 10.0 Å². The van der Waals surface area contributed by atoms with Crippen LogP contribution in [0.1, 0.15) is 11.3 Å². The average Bonchev–Trinajstić information content (AvgIpc) is 2.99. The summed E-state index contributed by atoms with van der Waals surface area (Å²) in [5, 5.41) is 0. The molecule has 1 aliphatic heterocycles. The van der Waals surface area contributed by atoms with Crippen molar-refractivity contribution in [3.05, 3.63) is 17.0 Å². The molecule has 1 aliphatic rings. The van der Waals surface area contributed by atoms with Crippen molar-refractivity contribution in [2.45, 2.75) is 17.1 Å². The molecule has 1 atom stereocenters. The zero-order valence-electron chi connectivity index (χ0n) is 12.1. The minimum atomic E-state index is -3.35. The molecular formula is C13H23N3O2S2. The van der Waals surface area contributed by atoms with Crippen molar-refractivity contribution in [2.24, 2.45) is 11.7 Å². The van der Waals surface area contributed by atoms with Crippen LogP contribution in [0.5, 0.6) is 0 Å². The Morgan fingerprint density at radius 3 is 2.85 bits per heavy atom. The SMILES string of the molecule is CN1CCC(CN(C)S(=O)(=O)c2ccc(CCN)s2)C1.